The van der Waals surface area contributed by atoms with Gasteiger partial charge in [0, 0.05) is 24.5 Å². The van der Waals surface area contributed by atoms with Crippen molar-refractivity contribution in [2.45, 2.75) is 62.9 Å². The molecule has 0 aromatic carbocycles. The third-order valence-corrected chi connectivity index (χ3v) is 7.28. The Balaban J connectivity index is 2.18. The summed E-state index contributed by atoms with van der Waals surface area (Å²) in [5.74, 6) is 0. The molecule has 6 heteroatoms. The number of nitrogens with one attached hydrogen (secondary N) is 1. The van der Waals surface area contributed by atoms with Gasteiger partial charge in [-0.25, -0.2) is 8.42 Å². The lowest BCUT2D eigenvalue weighted by atomic mass is 10.1. The summed E-state index contributed by atoms with van der Waals surface area (Å²) in [5.41, 5.74) is 0. The zero-order chi connectivity index (χ0) is 15.3. The van der Waals surface area contributed by atoms with Gasteiger partial charge in [-0.05, 0) is 30.8 Å². The second-order valence-corrected chi connectivity index (χ2v) is 8.62. The highest BCUT2D eigenvalue weighted by atomic mass is 32.2. The maximum atomic E-state index is 12.9. The largest absolute Gasteiger partial charge is 0.312 e. The fraction of sp³-hybridized carbons (Fsp3) is 0.733. The first kappa shape index (κ1) is 16.9. The summed E-state index contributed by atoms with van der Waals surface area (Å²) in [7, 11) is -1.62. The number of nitrogens with zero attached hydrogens (tertiary/aromatic N) is 1. The third kappa shape index (κ3) is 4.06. The number of hydrogen-bond acceptors (Lipinski definition) is 4. The monoisotopic (exact) mass is 330 g/mol. The standard InChI is InChI=1S/C15H26N2O2S2/c1-3-16-12-14-15(10-11-20-14)21(18,19)17(2)13-8-6-4-5-7-9-13/h10-11,13,16H,3-9,12H2,1-2H3. The Morgan fingerprint density at radius 3 is 2.57 bits per heavy atom. The molecule has 120 valence electrons. The van der Waals surface area contributed by atoms with Crippen LogP contribution in [0.15, 0.2) is 16.3 Å². The molecule has 0 radical (unpaired) electrons. The van der Waals surface area contributed by atoms with Gasteiger partial charge in [0.15, 0.2) is 0 Å². The van der Waals surface area contributed by atoms with Gasteiger partial charge in [0.25, 0.3) is 0 Å². The summed E-state index contributed by atoms with van der Waals surface area (Å²) in [5, 5.41) is 5.09. The molecule has 21 heavy (non-hydrogen) atoms. The Morgan fingerprint density at radius 2 is 1.95 bits per heavy atom. The SMILES string of the molecule is CCNCc1sccc1S(=O)(=O)N(C)C1CCCCCC1. The topological polar surface area (TPSA) is 49.4 Å². The van der Waals surface area contributed by atoms with E-state index in [0.29, 0.717) is 11.4 Å². The molecule has 1 aromatic heterocycles. The van der Waals surface area contributed by atoms with Gasteiger partial charge in [-0.15, -0.1) is 11.3 Å². The van der Waals surface area contributed by atoms with Gasteiger partial charge in [0.1, 0.15) is 0 Å². The molecule has 0 saturated heterocycles. The predicted octanol–water partition coefficient (Wildman–Crippen LogP) is 3.20. The molecule has 0 atom stereocenters. The van der Waals surface area contributed by atoms with Crippen molar-refractivity contribution in [2.24, 2.45) is 0 Å². The highest BCUT2D eigenvalue weighted by molar-refractivity contribution is 7.89. The molecule has 1 fully saturated rings. The van der Waals surface area contributed by atoms with Crippen molar-refractivity contribution in [1.29, 1.82) is 0 Å². The highest BCUT2D eigenvalue weighted by Gasteiger charge is 2.30. The summed E-state index contributed by atoms with van der Waals surface area (Å²) in [6.07, 6.45) is 6.71. The van der Waals surface area contributed by atoms with E-state index in [9.17, 15) is 8.42 Å². The first-order valence-electron chi connectivity index (χ1n) is 7.82. The van der Waals surface area contributed by atoms with Crippen LogP contribution >= 0.6 is 11.3 Å². The molecule has 4 nitrogen and oxygen atoms in total. The average Bonchev–Trinajstić information content (AvgIpc) is 2.78. The third-order valence-electron chi connectivity index (χ3n) is 4.24. The number of thiophene rings is 1. The minimum Gasteiger partial charge on any atom is -0.312 e. The van der Waals surface area contributed by atoms with E-state index >= 15 is 0 Å². The van der Waals surface area contributed by atoms with Gasteiger partial charge in [0.2, 0.25) is 10.0 Å². The van der Waals surface area contributed by atoms with Crippen LogP contribution in [0.4, 0.5) is 0 Å². The fourth-order valence-corrected chi connectivity index (χ4v) is 5.70. The lowest BCUT2D eigenvalue weighted by molar-refractivity contribution is 0.335. The van der Waals surface area contributed by atoms with Gasteiger partial charge < -0.3 is 5.32 Å². The molecule has 0 spiro atoms. The average molecular weight is 331 g/mol. The van der Waals surface area contributed by atoms with Crippen molar-refractivity contribution in [3.63, 3.8) is 0 Å². The fourth-order valence-electron chi connectivity index (χ4n) is 2.90. The molecule has 1 aliphatic rings. The van der Waals surface area contributed by atoms with Crippen LogP contribution in [0.2, 0.25) is 0 Å². The number of rotatable bonds is 6. The normalized spacial score (nSPS) is 18.0. The van der Waals surface area contributed by atoms with Gasteiger partial charge >= 0.3 is 0 Å². The lowest BCUT2D eigenvalue weighted by Crippen LogP contribution is -2.37. The van der Waals surface area contributed by atoms with Crippen LogP contribution in [0, 0.1) is 0 Å². The van der Waals surface area contributed by atoms with Crippen LogP contribution in [-0.4, -0.2) is 32.4 Å². The molecule has 0 unspecified atom stereocenters. The molecular weight excluding hydrogens is 304 g/mol. The van der Waals surface area contributed by atoms with Gasteiger partial charge in [-0.1, -0.05) is 32.6 Å². The second-order valence-electron chi connectivity index (χ2n) is 5.65. The minimum absolute atomic E-state index is 0.157. The Kier molecular flexibility index (Phi) is 6.22. The zero-order valence-corrected chi connectivity index (χ0v) is 14.6. The first-order valence-corrected chi connectivity index (χ1v) is 10.1. The quantitative estimate of drug-likeness (QED) is 0.815. The van der Waals surface area contributed by atoms with E-state index in [-0.39, 0.29) is 6.04 Å². The molecule has 0 bridgehead atoms. The molecule has 0 amide bonds. The number of sulfonamides is 1. The maximum absolute atomic E-state index is 12.9. The second kappa shape index (κ2) is 7.72. The molecule has 2 rings (SSSR count). The Morgan fingerprint density at radius 1 is 1.29 bits per heavy atom. The van der Waals surface area contributed by atoms with Crippen molar-refractivity contribution in [3.05, 3.63) is 16.3 Å². The van der Waals surface area contributed by atoms with E-state index in [0.717, 1.165) is 37.1 Å². The summed E-state index contributed by atoms with van der Waals surface area (Å²) in [6, 6.07) is 1.91. The van der Waals surface area contributed by atoms with Crippen LogP contribution in [0.5, 0.6) is 0 Å². The summed E-state index contributed by atoms with van der Waals surface area (Å²) >= 11 is 1.52. The lowest BCUT2D eigenvalue weighted by Gasteiger charge is -2.26. The molecule has 1 saturated carbocycles. The molecule has 1 aromatic rings. The highest BCUT2D eigenvalue weighted by Crippen LogP contribution is 2.29. The van der Waals surface area contributed by atoms with E-state index in [1.165, 1.54) is 24.2 Å². The minimum atomic E-state index is -3.37. The van der Waals surface area contributed by atoms with Crippen LogP contribution in [0.25, 0.3) is 0 Å². The van der Waals surface area contributed by atoms with Crippen molar-refractivity contribution >= 4 is 21.4 Å². The van der Waals surface area contributed by atoms with Crippen molar-refractivity contribution < 1.29 is 8.42 Å². The van der Waals surface area contributed by atoms with Crippen molar-refractivity contribution in [3.8, 4) is 0 Å². The molecule has 1 heterocycles. The first-order chi connectivity index (χ1) is 10.1. The van der Waals surface area contributed by atoms with Gasteiger partial charge in [-0.3, -0.25) is 0 Å². The smallest absolute Gasteiger partial charge is 0.244 e. The molecule has 0 aliphatic heterocycles. The Hall–Kier alpha value is -0.430. The van der Waals surface area contributed by atoms with E-state index in [1.54, 1.807) is 17.4 Å². The van der Waals surface area contributed by atoms with Crippen LogP contribution in [0.3, 0.4) is 0 Å². The van der Waals surface area contributed by atoms with E-state index in [4.69, 9.17) is 0 Å². The molecule has 1 aliphatic carbocycles. The van der Waals surface area contributed by atoms with Crippen LogP contribution in [0.1, 0.15) is 50.3 Å². The van der Waals surface area contributed by atoms with Crippen molar-refractivity contribution in [1.82, 2.24) is 9.62 Å². The zero-order valence-electron chi connectivity index (χ0n) is 13.0. The van der Waals surface area contributed by atoms with Crippen LogP contribution < -0.4 is 5.32 Å². The molecular formula is C15H26N2O2S2. The molecule has 1 N–H and O–H groups in total. The van der Waals surface area contributed by atoms with Gasteiger partial charge in [-0.2, -0.15) is 4.31 Å². The van der Waals surface area contributed by atoms with E-state index in [1.807, 2.05) is 12.3 Å². The summed E-state index contributed by atoms with van der Waals surface area (Å²) < 4.78 is 27.4. The predicted molar refractivity (Wildman–Crippen MR) is 88.1 cm³/mol. The van der Waals surface area contributed by atoms with Crippen LogP contribution in [-0.2, 0) is 16.6 Å². The van der Waals surface area contributed by atoms with Crippen molar-refractivity contribution in [2.75, 3.05) is 13.6 Å². The maximum Gasteiger partial charge on any atom is 0.244 e. The van der Waals surface area contributed by atoms with Gasteiger partial charge in [0.05, 0.1) is 4.90 Å². The number of hydrogen-bond donors (Lipinski definition) is 1. The van der Waals surface area contributed by atoms with E-state index < -0.39 is 10.0 Å². The summed E-state index contributed by atoms with van der Waals surface area (Å²) in [4.78, 5) is 1.40. The Bertz CT molecular complexity index is 532. The van der Waals surface area contributed by atoms with E-state index in [2.05, 4.69) is 5.32 Å². The Labute approximate surface area is 132 Å². The summed E-state index contributed by atoms with van der Waals surface area (Å²) in [6.45, 7) is 3.50.